The predicted octanol–water partition coefficient (Wildman–Crippen LogP) is 2.95. The van der Waals surface area contributed by atoms with Crippen molar-refractivity contribution < 1.29 is 9.47 Å². The average Bonchev–Trinajstić information content (AvgIpc) is 2.46. The zero-order valence-corrected chi connectivity index (χ0v) is 10.6. The maximum Gasteiger partial charge on any atom is 0.118 e. The molecule has 0 aliphatic heterocycles. The summed E-state index contributed by atoms with van der Waals surface area (Å²) in [7, 11) is 3.38. The minimum atomic E-state index is 0.191. The second-order valence-corrected chi connectivity index (χ2v) is 4.01. The van der Waals surface area contributed by atoms with E-state index in [1.54, 1.807) is 14.2 Å². The molecule has 0 N–H and O–H groups in total. The van der Waals surface area contributed by atoms with Crippen molar-refractivity contribution in [1.29, 1.82) is 0 Å². The van der Waals surface area contributed by atoms with Gasteiger partial charge in [-0.15, -0.1) is 0 Å². The van der Waals surface area contributed by atoms with Gasteiger partial charge in [0.15, 0.2) is 0 Å². The molecule has 1 aliphatic carbocycles. The highest BCUT2D eigenvalue weighted by atomic mass is 16.5. The van der Waals surface area contributed by atoms with Gasteiger partial charge in [0.2, 0.25) is 0 Å². The summed E-state index contributed by atoms with van der Waals surface area (Å²) < 4.78 is 10.3. The molecule has 0 radical (unpaired) electrons. The topological polar surface area (TPSA) is 18.5 Å². The normalized spacial score (nSPS) is 17.7. The van der Waals surface area contributed by atoms with E-state index in [1.165, 1.54) is 0 Å². The Morgan fingerprint density at radius 2 is 1.89 bits per heavy atom. The van der Waals surface area contributed by atoms with Crippen LogP contribution in [0.4, 0.5) is 0 Å². The second kappa shape index (κ2) is 6.09. The Morgan fingerprint density at radius 1 is 1.11 bits per heavy atom. The number of allylic oxidation sites excluding steroid dienone is 2. The molecule has 0 aromatic heterocycles. The van der Waals surface area contributed by atoms with Crippen LogP contribution in [0.1, 0.15) is 12.0 Å². The lowest BCUT2D eigenvalue weighted by Gasteiger charge is -2.11. The summed E-state index contributed by atoms with van der Waals surface area (Å²) in [5.74, 6) is 7.13. The van der Waals surface area contributed by atoms with Gasteiger partial charge >= 0.3 is 0 Å². The molecule has 1 aromatic carbocycles. The fourth-order valence-corrected chi connectivity index (χ4v) is 1.69. The van der Waals surface area contributed by atoms with Crippen molar-refractivity contribution in [1.82, 2.24) is 0 Å². The summed E-state index contributed by atoms with van der Waals surface area (Å²) in [5, 5.41) is 0. The SMILES string of the molecule is COc1ccc(C#CC2=CCC(OC)C=C2)cc1. The molecule has 0 saturated heterocycles. The summed E-state index contributed by atoms with van der Waals surface area (Å²) in [6.45, 7) is 0. The van der Waals surface area contributed by atoms with Crippen molar-refractivity contribution in [2.75, 3.05) is 14.2 Å². The molecule has 2 heteroatoms. The molecule has 0 spiro atoms. The van der Waals surface area contributed by atoms with Crippen LogP contribution in [0.5, 0.6) is 5.75 Å². The Morgan fingerprint density at radius 3 is 2.44 bits per heavy atom. The fraction of sp³-hybridized carbons (Fsp3) is 0.250. The summed E-state index contributed by atoms with van der Waals surface area (Å²) in [5.41, 5.74) is 2.03. The number of hydrogen-bond acceptors (Lipinski definition) is 2. The van der Waals surface area contributed by atoms with Crippen LogP contribution < -0.4 is 4.74 Å². The lowest BCUT2D eigenvalue weighted by atomic mass is 10.0. The molecule has 0 amide bonds. The highest BCUT2D eigenvalue weighted by Gasteiger charge is 2.04. The average molecular weight is 240 g/mol. The maximum atomic E-state index is 5.23. The van der Waals surface area contributed by atoms with Crippen molar-refractivity contribution in [2.45, 2.75) is 12.5 Å². The largest absolute Gasteiger partial charge is 0.497 e. The van der Waals surface area contributed by atoms with Crippen LogP contribution in [0.25, 0.3) is 0 Å². The molecular weight excluding hydrogens is 224 g/mol. The molecular formula is C16H16O2. The fourth-order valence-electron chi connectivity index (χ4n) is 1.69. The molecule has 18 heavy (non-hydrogen) atoms. The van der Waals surface area contributed by atoms with E-state index in [4.69, 9.17) is 9.47 Å². The zero-order valence-electron chi connectivity index (χ0n) is 10.6. The van der Waals surface area contributed by atoms with Gasteiger partial charge in [0.25, 0.3) is 0 Å². The van der Waals surface area contributed by atoms with E-state index < -0.39 is 0 Å². The highest BCUT2D eigenvalue weighted by molar-refractivity contribution is 5.47. The first-order valence-electron chi connectivity index (χ1n) is 5.89. The third-order valence-electron chi connectivity index (χ3n) is 2.80. The zero-order chi connectivity index (χ0) is 12.8. The minimum absolute atomic E-state index is 0.191. The Balaban J connectivity index is 2.04. The first-order valence-corrected chi connectivity index (χ1v) is 5.89. The van der Waals surface area contributed by atoms with Gasteiger partial charge in [0.05, 0.1) is 13.2 Å². The van der Waals surface area contributed by atoms with Gasteiger partial charge in [0.1, 0.15) is 5.75 Å². The van der Waals surface area contributed by atoms with Gasteiger partial charge < -0.3 is 9.47 Å². The van der Waals surface area contributed by atoms with Crippen molar-refractivity contribution in [2.24, 2.45) is 0 Å². The molecule has 0 saturated carbocycles. The molecule has 2 rings (SSSR count). The third kappa shape index (κ3) is 3.26. The molecule has 92 valence electrons. The first-order chi connectivity index (χ1) is 8.81. The van der Waals surface area contributed by atoms with Crippen LogP contribution in [-0.2, 0) is 4.74 Å². The summed E-state index contributed by atoms with van der Waals surface area (Å²) >= 11 is 0. The van der Waals surface area contributed by atoms with E-state index in [-0.39, 0.29) is 6.10 Å². The van der Waals surface area contributed by atoms with Crippen LogP contribution >= 0.6 is 0 Å². The lowest BCUT2D eigenvalue weighted by Crippen LogP contribution is -2.07. The predicted molar refractivity (Wildman–Crippen MR) is 72.5 cm³/mol. The van der Waals surface area contributed by atoms with E-state index in [9.17, 15) is 0 Å². The number of hydrogen-bond donors (Lipinski definition) is 0. The molecule has 0 heterocycles. The minimum Gasteiger partial charge on any atom is -0.497 e. The highest BCUT2D eigenvalue weighted by Crippen LogP contribution is 2.13. The summed E-state index contributed by atoms with van der Waals surface area (Å²) in [6, 6.07) is 7.74. The van der Waals surface area contributed by atoms with Crippen LogP contribution in [0.3, 0.4) is 0 Å². The molecule has 1 unspecified atom stereocenters. The quantitative estimate of drug-likeness (QED) is 0.740. The van der Waals surface area contributed by atoms with Crippen LogP contribution in [0.15, 0.2) is 48.1 Å². The second-order valence-electron chi connectivity index (χ2n) is 4.01. The number of benzene rings is 1. The molecule has 1 aliphatic rings. The van der Waals surface area contributed by atoms with Gasteiger partial charge in [-0.2, -0.15) is 0 Å². The van der Waals surface area contributed by atoms with Crippen molar-refractivity contribution in [3.63, 3.8) is 0 Å². The Labute approximate surface area is 108 Å². The molecule has 1 aromatic rings. The van der Waals surface area contributed by atoms with Gasteiger partial charge in [0, 0.05) is 18.2 Å². The maximum absolute atomic E-state index is 5.23. The molecule has 1 atom stereocenters. The number of rotatable bonds is 2. The van der Waals surface area contributed by atoms with E-state index in [0.717, 1.165) is 23.3 Å². The summed E-state index contributed by atoms with van der Waals surface area (Å²) in [4.78, 5) is 0. The van der Waals surface area contributed by atoms with Crippen molar-refractivity contribution >= 4 is 0 Å². The van der Waals surface area contributed by atoms with Crippen molar-refractivity contribution in [3.8, 4) is 17.6 Å². The van der Waals surface area contributed by atoms with Crippen LogP contribution in [0.2, 0.25) is 0 Å². The van der Waals surface area contributed by atoms with E-state index >= 15 is 0 Å². The summed E-state index contributed by atoms with van der Waals surface area (Å²) in [6.07, 6.45) is 7.23. The third-order valence-corrected chi connectivity index (χ3v) is 2.80. The van der Waals surface area contributed by atoms with Crippen molar-refractivity contribution in [3.05, 3.63) is 53.6 Å². The molecule has 0 fully saturated rings. The monoisotopic (exact) mass is 240 g/mol. The first kappa shape index (κ1) is 12.5. The van der Waals surface area contributed by atoms with Gasteiger partial charge in [-0.25, -0.2) is 0 Å². The number of methoxy groups -OCH3 is 2. The van der Waals surface area contributed by atoms with E-state index in [1.807, 2.05) is 36.4 Å². The van der Waals surface area contributed by atoms with Gasteiger partial charge in [-0.1, -0.05) is 24.0 Å². The van der Waals surface area contributed by atoms with Gasteiger partial charge in [-0.3, -0.25) is 0 Å². The van der Waals surface area contributed by atoms with Gasteiger partial charge in [-0.05, 0) is 36.8 Å². The standard InChI is InChI=1S/C16H16O2/c1-17-15-9-5-13(6-10-15)3-4-14-7-11-16(18-2)12-8-14/h5-11,16H,12H2,1-2H3. The van der Waals surface area contributed by atoms with E-state index in [2.05, 4.69) is 17.9 Å². The molecule has 0 bridgehead atoms. The van der Waals surface area contributed by atoms with Crippen LogP contribution in [-0.4, -0.2) is 20.3 Å². The smallest absolute Gasteiger partial charge is 0.118 e. The molecule has 2 nitrogen and oxygen atoms in total. The number of ether oxygens (including phenoxy) is 2. The Kier molecular flexibility index (Phi) is 4.22. The lowest BCUT2D eigenvalue weighted by molar-refractivity contribution is 0.142. The Bertz CT molecular complexity index is 512. The van der Waals surface area contributed by atoms with E-state index in [0.29, 0.717) is 0 Å². The van der Waals surface area contributed by atoms with Crippen LogP contribution in [0, 0.1) is 11.8 Å². The Hall–Kier alpha value is -1.98.